The van der Waals surface area contributed by atoms with Gasteiger partial charge in [0.1, 0.15) is 0 Å². The molecular weight excluding hydrogens is 228 g/mol. The van der Waals surface area contributed by atoms with Gasteiger partial charge in [0.05, 0.1) is 5.69 Å². The molecule has 102 valence electrons. The van der Waals surface area contributed by atoms with E-state index in [1.54, 1.807) is 4.68 Å². The number of carbonyl (C=O) groups is 1. The maximum Gasteiger partial charge on any atom is 0.219 e. The summed E-state index contributed by atoms with van der Waals surface area (Å²) in [6, 6.07) is -0.0598. The summed E-state index contributed by atoms with van der Waals surface area (Å²) < 4.78 is 1.79. The molecule has 0 aliphatic heterocycles. The van der Waals surface area contributed by atoms with Crippen molar-refractivity contribution in [2.75, 3.05) is 6.54 Å². The van der Waals surface area contributed by atoms with Crippen molar-refractivity contribution in [3.05, 3.63) is 17.5 Å². The van der Waals surface area contributed by atoms with Crippen LogP contribution in [0.15, 0.2) is 6.20 Å². The largest absolute Gasteiger partial charge is 0.370 e. The van der Waals surface area contributed by atoms with E-state index in [0.29, 0.717) is 6.42 Å². The van der Waals surface area contributed by atoms with E-state index >= 15 is 0 Å². The third-order valence-corrected chi connectivity index (χ3v) is 2.80. The van der Waals surface area contributed by atoms with Gasteiger partial charge in [-0.3, -0.25) is 9.48 Å². The lowest BCUT2D eigenvalue weighted by molar-refractivity contribution is -0.118. The Morgan fingerprint density at radius 1 is 1.56 bits per heavy atom. The van der Waals surface area contributed by atoms with E-state index in [-0.39, 0.29) is 17.4 Å². The van der Waals surface area contributed by atoms with Crippen LogP contribution in [0, 0.1) is 0 Å². The third-order valence-electron chi connectivity index (χ3n) is 2.80. The van der Waals surface area contributed by atoms with Crippen molar-refractivity contribution < 1.29 is 4.79 Å². The lowest BCUT2D eigenvalue weighted by atomic mass is 9.87. The molecule has 0 aliphatic carbocycles. The highest BCUT2D eigenvalue weighted by molar-refractivity contribution is 5.74. The Hall–Kier alpha value is -1.36. The van der Waals surface area contributed by atoms with Gasteiger partial charge in [-0.2, -0.15) is 5.10 Å². The van der Waals surface area contributed by atoms with Gasteiger partial charge in [0.25, 0.3) is 0 Å². The smallest absolute Gasteiger partial charge is 0.219 e. The highest BCUT2D eigenvalue weighted by Gasteiger charge is 2.27. The summed E-state index contributed by atoms with van der Waals surface area (Å²) >= 11 is 0. The molecule has 18 heavy (non-hydrogen) atoms. The highest BCUT2D eigenvalue weighted by Crippen LogP contribution is 2.29. The number of nitrogens with one attached hydrogen (secondary N) is 1. The monoisotopic (exact) mass is 252 g/mol. The lowest BCUT2D eigenvalue weighted by Crippen LogP contribution is -2.28. The van der Waals surface area contributed by atoms with Gasteiger partial charge >= 0.3 is 0 Å². The van der Waals surface area contributed by atoms with Crippen molar-refractivity contribution in [1.82, 2.24) is 15.1 Å². The number of nitrogens with zero attached hydrogens (tertiary/aromatic N) is 2. The van der Waals surface area contributed by atoms with Crippen LogP contribution < -0.4 is 11.1 Å². The molecule has 1 aromatic rings. The van der Waals surface area contributed by atoms with Gasteiger partial charge in [-0.05, 0) is 6.54 Å². The summed E-state index contributed by atoms with van der Waals surface area (Å²) in [5.74, 6) is -0.301. The average molecular weight is 252 g/mol. The first kappa shape index (κ1) is 14.7. The molecule has 0 saturated carbocycles. The van der Waals surface area contributed by atoms with Crippen LogP contribution in [0.3, 0.4) is 0 Å². The van der Waals surface area contributed by atoms with Gasteiger partial charge in [-0.25, -0.2) is 0 Å². The van der Waals surface area contributed by atoms with E-state index in [0.717, 1.165) is 17.8 Å². The number of aromatic nitrogens is 2. The summed E-state index contributed by atoms with van der Waals surface area (Å²) in [5.41, 5.74) is 7.34. The summed E-state index contributed by atoms with van der Waals surface area (Å²) in [7, 11) is 1.89. The molecule has 0 spiro atoms. The van der Waals surface area contributed by atoms with Gasteiger partial charge in [-0.1, -0.05) is 27.7 Å². The van der Waals surface area contributed by atoms with Crippen molar-refractivity contribution in [1.29, 1.82) is 0 Å². The fraction of sp³-hybridized carbons (Fsp3) is 0.692. The van der Waals surface area contributed by atoms with Crippen LogP contribution in [-0.2, 0) is 17.3 Å². The van der Waals surface area contributed by atoms with E-state index in [1.807, 2.05) is 20.2 Å². The van der Waals surface area contributed by atoms with E-state index in [2.05, 4.69) is 31.2 Å². The number of nitrogens with two attached hydrogens (primary N) is 1. The summed E-state index contributed by atoms with van der Waals surface area (Å²) in [5, 5.41) is 7.82. The molecule has 1 atom stereocenters. The van der Waals surface area contributed by atoms with Gasteiger partial charge in [0.15, 0.2) is 0 Å². The van der Waals surface area contributed by atoms with Crippen molar-refractivity contribution >= 4 is 5.91 Å². The number of amides is 1. The van der Waals surface area contributed by atoms with Crippen molar-refractivity contribution in [3.63, 3.8) is 0 Å². The molecule has 5 nitrogen and oxygen atoms in total. The van der Waals surface area contributed by atoms with E-state index < -0.39 is 0 Å². The molecule has 0 aromatic carbocycles. The average Bonchev–Trinajstić information content (AvgIpc) is 2.58. The van der Waals surface area contributed by atoms with Crippen LogP contribution in [-0.4, -0.2) is 22.2 Å². The van der Waals surface area contributed by atoms with Crippen molar-refractivity contribution in [2.45, 2.75) is 45.6 Å². The molecule has 1 heterocycles. The Labute approximate surface area is 109 Å². The molecular formula is C13H24N4O. The molecule has 1 aromatic heterocycles. The van der Waals surface area contributed by atoms with Crippen molar-refractivity contribution in [2.24, 2.45) is 12.8 Å². The van der Waals surface area contributed by atoms with Gasteiger partial charge in [0, 0.05) is 36.7 Å². The lowest BCUT2D eigenvalue weighted by Gasteiger charge is -2.22. The Morgan fingerprint density at radius 3 is 2.61 bits per heavy atom. The standard InChI is InChI=1S/C13H24N4O/c1-6-15-10(7-11(14)18)9-8-17(5)16-12(9)13(2,3)4/h8,10,15H,6-7H2,1-5H3,(H2,14,18). The van der Waals surface area contributed by atoms with E-state index in [4.69, 9.17) is 5.73 Å². The third kappa shape index (κ3) is 3.57. The number of hydrogen-bond donors (Lipinski definition) is 2. The number of rotatable bonds is 5. The first-order valence-corrected chi connectivity index (χ1v) is 6.31. The Bertz CT molecular complexity index is 417. The van der Waals surface area contributed by atoms with Crippen LogP contribution >= 0.6 is 0 Å². The van der Waals surface area contributed by atoms with Crippen LogP contribution in [0.1, 0.15) is 51.4 Å². The predicted molar refractivity (Wildman–Crippen MR) is 72.1 cm³/mol. The van der Waals surface area contributed by atoms with Crippen LogP contribution in [0.5, 0.6) is 0 Å². The molecule has 0 radical (unpaired) electrons. The van der Waals surface area contributed by atoms with Crippen LogP contribution in [0.4, 0.5) is 0 Å². The zero-order chi connectivity index (χ0) is 13.9. The van der Waals surface area contributed by atoms with Crippen molar-refractivity contribution in [3.8, 4) is 0 Å². The molecule has 0 fully saturated rings. The minimum absolute atomic E-state index is 0.0537. The molecule has 1 rings (SSSR count). The normalized spacial score (nSPS) is 13.6. The Kier molecular flexibility index (Phi) is 4.51. The summed E-state index contributed by atoms with van der Waals surface area (Å²) in [6.07, 6.45) is 2.26. The highest BCUT2D eigenvalue weighted by atomic mass is 16.1. The minimum atomic E-state index is -0.301. The van der Waals surface area contributed by atoms with E-state index in [1.165, 1.54) is 0 Å². The molecule has 0 bridgehead atoms. The first-order chi connectivity index (χ1) is 8.25. The molecule has 1 amide bonds. The fourth-order valence-electron chi connectivity index (χ4n) is 2.08. The zero-order valence-corrected chi connectivity index (χ0v) is 11.9. The van der Waals surface area contributed by atoms with Gasteiger partial charge < -0.3 is 11.1 Å². The van der Waals surface area contributed by atoms with Gasteiger partial charge in [0.2, 0.25) is 5.91 Å². The SMILES string of the molecule is CCNC(CC(N)=O)c1cn(C)nc1C(C)(C)C. The topological polar surface area (TPSA) is 72.9 Å². The molecule has 0 saturated heterocycles. The molecule has 5 heteroatoms. The second-order valence-corrected chi connectivity index (χ2v) is 5.64. The molecule has 3 N–H and O–H groups in total. The van der Waals surface area contributed by atoms with E-state index in [9.17, 15) is 4.79 Å². The number of hydrogen-bond acceptors (Lipinski definition) is 3. The summed E-state index contributed by atoms with van der Waals surface area (Å²) in [6.45, 7) is 9.15. The van der Waals surface area contributed by atoms with Crippen LogP contribution in [0.25, 0.3) is 0 Å². The maximum absolute atomic E-state index is 11.2. The quantitative estimate of drug-likeness (QED) is 0.828. The maximum atomic E-state index is 11.2. The Balaban J connectivity index is 3.14. The predicted octanol–water partition coefficient (Wildman–Crippen LogP) is 1.24. The minimum Gasteiger partial charge on any atom is -0.370 e. The summed E-state index contributed by atoms with van der Waals surface area (Å²) in [4.78, 5) is 11.2. The Morgan fingerprint density at radius 2 is 2.17 bits per heavy atom. The number of primary amides is 1. The second-order valence-electron chi connectivity index (χ2n) is 5.64. The van der Waals surface area contributed by atoms with Crippen LogP contribution in [0.2, 0.25) is 0 Å². The molecule has 0 aliphatic rings. The number of carbonyl (C=O) groups excluding carboxylic acids is 1. The second kappa shape index (κ2) is 5.52. The fourth-order valence-corrected chi connectivity index (χ4v) is 2.08. The number of aryl methyl sites for hydroxylation is 1. The van der Waals surface area contributed by atoms with Gasteiger partial charge in [-0.15, -0.1) is 0 Å². The zero-order valence-electron chi connectivity index (χ0n) is 11.9. The first-order valence-electron chi connectivity index (χ1n) is 6.31. The molecule has 1 unspecified atom stereocenters.